The van der Waals surface area contributed by atoms with Crippen molar-refractivity contribution in [1.29, 1.82) is 0 Å². The number of aliphatic hydroxyl groups excluding tert-OH is 1. The Morgan fingerprint density at radius 3 is 2.64 bits per heavy atom. The Morgan fingerprint density at radius 2 is 2.00 bits per heavy atom. The van der Waals surface area contributed by atoms with E-state index in [1.807, 2.05) is 37.8 Å². The minimum absolute atomic E-state index is 0.00976. The maximum atomic E-state index is 12.7. The summed E-state index contributed by atoms with van der Waals surface area (Å²) in [6.07, 6.45) is 2.42. The van der Waals surface area contributed by atoms with Crippen LogP contribution in [0.25, 0.3) is 0 Å². The first-order valence-corrected chi connectivity index (χ1v) is 8.95. The molecule has 2 saturated heterocycles. The van der Waals surface area contributed by atoms with E-state index in [-0.39, 0.29) is 24.8 Å². The summed E-state index contributed by atoms with van der Waals surface area (Å²) in [5.41, 5.74) is 1.92. The summed E-state index contributed by atoms with van der Waals surface area (Å²) < 4.78 is 5.62. The van der Waals surface area contributed by atoms with Crippen LogP contribution in [-0.2, 0) is 11.3 Å². The van der Waals surface area contributed by atoms with Crippen LogP contribution in [-0.4, -0.2) is 58.4 Å². The molecule has 3 rings (SSSR count). The monoisotopic (exact) mass is 344 g/mol. The van der Waals surface area contributed by atoms with Gasteiger partial charge in [0.15, 0.2) is 0 Å². The molecule has 2 aliphatic rings. The second-order valence-electron chi connectivity index (χ2n) is 7.90. The van der Waals surface area contributed by atoms with E-state index in [9.17, 15) is 9.90 Å². The van der Waals surface area contributed by atoms with Crippen molar-refractivity contribution in [2.75, 3.05) is 19.7 Å². The van der Waals surface area contributed by atoms with E-state index in [1.165, 1.54) is 5.56 Å². The van der Waals surface area contributed by atoms with Crippen LogP contribution in [0.3, 0.4) is 0 Å². The molecule has 2 aliphatic heterocycles. The minimum Gasteiger partial charge on any atom is -0.444 e. The van der Waals surface area contributed by atoms with Gasteiger partial charge in [0.05, 0.1) is 18.7 Å². The fraction of sp³-hybridized carbons (Fsp3) is 0.550. The standard InChI is InChI=1S/C20H28N2O3/c1-20(2,3)25-19(24)22-17-11-16(9-10-23)18(22)14-21(13-17)12-15-7-5-4-6-8-15/h4-9,17-18,23H,10-14H2,1-3H3/t17-,18-/m1/s1. The third-order valence-electron chi connectivity index (χ3n) is 4.74. The number of hydrogen-bond acceptors (Lipinski definition) is 4. The van der Waals surface area contributed by atoms with Crippen LogP contribution < -0.4 is 0 Å². The third kappa shape index (κ3) is 4.22. The van der Waals surface area contributed by atoms with Crippen LogP contribution in [0.5, 0.6) is 0 Å². The van der Waals surface area contributed by atoms with E-state index >= 15 is 0 Å². The predicted octanol–water partition coefficient (Wildman–Crippen LogP) is 2.80. The van der Waals surface area contributed by atoms with Gasteiger partial charge in [-0.05, 0) is 38.3 Å². The number of ether oxygens (including phenoxy) is 1. The van der Waals surface area contributed by atoms with Gasteiger partial charge in [0.25, 0.3) is 0 Å². The molecule has 1 N–H and O–H groups in total. The first-order chi connectivity index (χ1) is 11.9. The molecular weight excluding hydrogens is 316 g/mol. The zero-order chi connectivity index (χ0) is 18.0. The summed E-state index contributed by atoms with van der Waals surface area (Å²) in [4.78, 5) is 17.0. The number of piperazine rings is 1. The predicted molar refractivity (Wildman–Crippen MR) is 97.2 cm³/mol. The van der Waals surface area contributed by atoms with Crippen molar-refractivity contribution in [1.82, 2.24) is 9.80 Å². The summed E-state index contributed by atoms with van der Waals surface area (Å²) in [7, 11) is 0. The van der Waals surface area contributed by atoms with E-state index in [0.29, 0.717) is 0 Å². The van der Waals surface area contributed by atoms with Crippen LogP contribution in [0.2, 0.25) is 0 Å². The number of hydrogen-bond donors (Lipinski definition) is 1. The van der Waals surface area contributed by atoms with Crippen LogP contribution >= 0.6 is 0 Å². The fourth-order valence-corrected chi connectivity index (χ4v) is 3.81. The highest BCUT2D eigenvalue weighted by Gasteiger charge is 2.46. The number of fused-ring (bicyclic) bond motifs is 2. The Hall–Kier alpha value is -1.85. The Morgan fingerprint density at radius 1 is 1.28 bits per heavy atom. The SMILES string of the molecule is CC(C)(C)OC(=O)N1[C@@H]2CC(=CCO)[C@H]1CN(Cc1ccccc1)C2. The molecule has 0 aromatic heterocycles. The summed E-state index contributed by atoms with van der Waals surface area (Å²) >= 11 is 0. The zero-order valence-electron chi connectivity index (χ0n) is 15.3. The lowest BCUT2D eigenvalue weighted by Crippen LogP contribution is -2.56. The minimum atomic E-state index is -0.501. The van der Waals surface area contributed by atoms with Crippen molar-refractivity contribution in [3.05, 3.63) is 47.5 Å². The molecule has 2 bridgehead atoms. The molecule has 2 atom stereocenters. The highest BCUT2D eigenvalue weighted by Crippen LogP contribution is 2.36. The number of nitrogens with zero attached hydrogens (tertiary/aromatic N) is 2. The Labute approximate surface area is 149 Å². The van der Waals surface area contributed by atoms with Gasteiger partial charge in [0.1, 0.15) is 5.60 Å². The molecule has 2 fully saturated rings. The largest absolute Gasteiger partial charge is 0.444 e. The Kier molecular flexibility index (Phi) is 5.16. The summed E-state index contributed by atoms with van der Waals surface area (Å²) in [6.45, 7) is 8.17. The Balaban J connectivity index is 1.76. The summed E-state index contributed by atoms with van der Waals surface area (Å²) in [5, 5.41) is 9.33. The molecule has 136 valence electrons. The van der Waals surface area contributed by atoms with E-state index in [1.54, 1.807) is 0 Å². The van der Waals surface area contributed by atoms with Crippen LogP contribution in [0.15, 0.2) is 42.0 Å². The fourth-order valence-electron chi connectivity index (χ4n) is 3.81. The second-order valence-corrected chi connectivity index (χ2v) is 7.90. The van der Waals surface area contributed by atoms with Gasteiger partial charge in [-0.1, -0.05) is 36.4 Å². The van der Waals surface area contributed by atoms with Gasteiger partial charge in [-0.25, -0.2) is 4.79 Å². The number of benzene rings is 1. The smallest absolute Gasteiger partial charge is 0.411 e. The molecule has 5 nitrogen and oxygen atoms in total. The second kappa shape index (κ2) is 7.18. The molecule has 1 amide bonds. The maximum Gasteiger partial charge on any atom is 0.411 e. The van der Waals surface area contributed by atoms with Crippen molar-refractivity contribution < 1.29 is 14.6 Å². The molecule has 25 heavy (non-hydrogen) atoms. The number of carbonyl (C=O) groups excluding carboxylic acids is 1. The van der Waals surface area contributed by atoms with Crippen molar-refractivity contribution >= 4 is 6.09 Å². The van der Waals surface area contributed by atoms with E-state index in [0.717, 1.165) is 31.6 Å². The molecule has 0 spiro atoms. The average Bonchev–Trinajstić information content (AvgIpc) is 2.75. The van der Waals surface area contributed by atoms with Gasteiger partial charge in [-0.3, -0.25) is 9.80 Å². The normalized spacial score (nSPS) is 25.4. The zero-order valence-corrected chi connectivity index (χ0v) is 15.3. The summed E-state index contributed by atoms with van der Waals surface area (Å²) in [5.74, 6) is 0. The van der Waals surface area contributed by atoms with Gasteiger partial charge in [0, 0.05) is 19.6 Å². The number of likely N-dealkylation sites (tertiary alicyclic amines) is 1. The maximum absolute atomic E-state index is 12.7. The quantitative estimate of drug-likeness (QED) is 0.857. The van der Waals surface area contributed by atoms with Crippen LogP contribution in [0.1, 0.15) is 32.8 Å². The molecule has 0 saturated carbocycles. The van der Waals surface area contributed by atoms with Crippen molar-refractivity contribution in [2.24, 2.45) is 0 Å². The number of amides is 1. The molecule has 5 heteroatoms. The van der Waals surface area contributed by atoms with Crippen LogP contribution in [0.4, 0.5) is 4.79 Å². The van der Waals surface area contributed by atoms with Gasteiger partial charge in [-0.2, -0.15) is 0 Å². The van der Waals surface area contributed by atoms with Gasteiger partial charge in [-0.15, -0.1) is 0 Å². The molecule has 0 radical (unpaired) electrons. The average molecular weight is 344 g/mol. The molecular formula is C20H28N2O3. The molecule has 0 unspecified atom stereocenters. The number of carbonyl (C=O) groups is 1. The molecule has 2 heterocycles. The summed E-state index contributed by atoms with van der Waals surface area (Å²) in [6, 6.07) is 10.5. The molecule has 0 aliphatic carbocycles. The topological polar surface area (TPSA) is 53.0 Å². The van der Waals surface area contributed by atoms with Gasteiger partial charge in [0.2, 0.25) is 0 Å². The highest BCUT2D eigenvalue weighted by atomic mass is 16.6. The first kappa shape index (κ1) is 18.0. The van der Waals surface area contributed by atoms with Crippen molar-refractivity contribution in [3.8, 4) is 0 Å². The van der Waals surface area contributed by atoms with E-state index in [2.05, 4.69) is 29.2 Å². The third-order valence-corrected chi connectivity index (χ3v) is 4.74. The van der Waals surface area contributed by atoms with Gasteiger partial charge < -0.3 is 9.84 Å². The molecule has 1 aromatic rings. The van der Waals surface area contributed by atoms with E-state index in [4.69, 9.17) is 4.74 Å². The molecule has 1 aromatic carbocycles. The number of rotatable bonds is 3. The Bertz CT molecular complexity index is 636. The number of aliphatic hydroxyl groups is 1. The lowest BCUT2D eigenvalue weighted by molar-refractivity contribution is -0.00357. The lowest BCUT2D eigenvalue weighted by atomic mass is 10.1. The van der Waals surface area contributed by atoms with E-state index < -0.39 is 5.60 Å². The van der Waals surface area contributed by atoms with Crippen molar-refractivity contribution in [2.45, 2.75) is 51.4 Å². The van der Waals surface area contributed by atoms with Crippen LogP contribution in [0, 0.1) is 0 Å². The van der Waals surface area contributed by atoms with Crippen molar-refractivity contribution in [3.63, 3.8) is 0 Å². The van der Waals surface area contributed by atoms with Gasteiger partial charge >= 0.3 is 6.09 Å². The highest BCUT2D eigenvalue weighted by molar-refractivity contribution is 5.71. The first-order valence-electron chi connectivity index (χ1n) is 8.95. The lowest BCUT2D eigenvalue weighted by Gasteiger charge is -2.41.